The number of amides is 1. The molecule has 0 aliphatic rings. The van der Waals surface area contributed by atoms with Crippen molar-refractivity contribution in [1.82, 2.24) is 4.72 Å². The molecule has 2 aromatic carbocycles. The summed E-state index contributed by atoms with van der Waals surface area (Å²) in [7, 11) is -4.31. The first kappa shape index (κ1) is 24.7. The number of halogens is 3. The highest BCUT2D eigenvalue weighted by Gasteiger charge is 2.31. The Hall–Kier alpha value is -3.89. The number of furan rings is 1. The van der Waals surface area contributed by atoms with E-state index in [0.29, 0.717) is 17.0 Å². The molecule has 0 aliphatic carbocycles. The van der Waals surface area contributed by atoms with Gasteiger partial charge in [0.05, 0.1) is 16.9 Å². The Balaban J connectivity index is 1.51. The van der Waals surface area contributed by atoms with Crippen molar-refractivity contribution in [1.29, 1.82) is 5.26 Å². The summed E-state index contributed by atoms with van der Waals surface area (Å²) >= 11 is 0. The summed E-state index contributed by atoms with van der Waals surface area (Å²) < 4.78 is 74.7. The predicted molar refractivity (Wildman–Crippen MR) is 112 cm³/mol. The topological polar surface area (TPSA) is 138 Å². The van der Waals surface area contributed by atoms with E-state index in [2.05, 4.69) is 5.32 Å². The fraction of sp³-hybridized carbons (Fsp3) is 0.190. The number of rotatable bonds is 8. The van der Waals surface area contributed by atoms with Gasteiger partial charge in [0.1, 0.15) is 17.3 Å². The molecule has 0 radical (unpaired) electrons. The second-order valence-electron chi connectivity index (χ2n) is 6.80. The van der Waals surface area contributed by atoms with Crippen molar-refractivity contribution in [3.63, 3.8) is 0 Å². The third-order valence-corrected chi connectivity index (χ3v) is 5.88. The van der Waals surface area contributed by atoms with Crippen LogP contribution in [0.4, 0.5) is 18.9 Å². The molecular weight excluding hydrogens is 479 g/mol. The standard InChI is InChI=1S/C21H16F3N3O6S/c22-21(23,24)13-4-3-5-14(10-13)34(30,31)26-9-8-19(29)32-12-18(28)27-20-15-6-1-2-7-16(15)33-17(20)11-25/h1-7,10,26H,8-9,12H2,(H,27,28). The van der Waals surface area contributed by atoms with Crippen LogP contribution in [-0.4, -0.2) is 33.4 Å². The monoisotopic (exact) mass is 495 g/mol. The van der Waals surface area contributed by atoms with Gasteiger partial charge < -0.3 is 14.5 Å². The van der Waals surface area contributed by atoms with E-state index in [-0.39, 0.29) is 11.4 Å². The van der Waals surface area contributed by atoms with Crippen LogP contribution < -0.4 is 10.0 Å². The molecule has 2 N–H and O–H groups in total. The van der Waals surface area contributed by atoms with Gasteiger partial charge in [-0.2, -0.15) is 18.4 Å². The summed E-state index contributed by atoms with van der Waals surface area (Å²) in [5, 5.41) is 12.1. The lowest BCUT2D eigenvalue weighted by molar-refractivity contribution is -0.147. The number of sulfonamides is 1. The van der Waals surface area contributed by atoms with E-state index in [1.165, 1.54) is 0 Å². The Bertz CT molecular complexity index is 1380. The number of nitrogens with one attached hydrogen (secondary N) is 2. The zero-order valence-electron chi connectivity index (χ0n) is 17.2. The average molecular weight is 495 g/mol. The van der Waals surface area contributed by atoms with Crippen LogP contribution in [0.15, 0.2) is 57.8 Å². The number of nitriles is 1. The number of benzene rings is 2. The maximum atomic E-state index is 12.8. The number of carbonyl (C=O) groups is 2. The van der Waals surface area contributed by atoms with E-state index in [1.807, 2.05) is 4.72 Å². The Labute approximate surface area is 191 Å². The second-order valence-corrected chi connectivity index (χ2v) is 8.56. The molecule has 1 aromatic heterocycles. The lowest BCUT2D eigenvalue weighted by Crippen LogP contribution is -2.28. The van der Waals surface area contributed by atoms with Gasteiger partial charge in [-0.05, 0) is 30.3 Å². The van der Waals surface area contributed by atoms with Crippen LogP contribution in [0.1, 0.15) is 17.7 Å². The molecule has 3 rings (SSSR count). The van der Waals surface area contributed by atoms with E-state index in [4.69, 9.17) is 14.4 Å². The van der Waals surface area contributed by atoms with Gasteiger partial charge >= 0.3 is 12.1 Å². The summed E-state index contributed by atoms with van der Waals surface area (Å²) in [4.78, 5) is 23.3. The summed E-state index contributed by atoms with van der Waals surface area (Å²) in [5.41, 5.74) is -0.641. The smallest absolute Gasteiger partial charge is 0.416 e. The molecule has 0 unspecified atom stereocenters. The van der Waals surface area contributed by atoms with Gasteiger partial charge in [-0.1, -0.05) is 18.2 Å². The number of para-hydroxylation sites is 1. The highest BCUT2D eigenvalue weighted by Crippen LogP contribution is 2.31. The second kappa shape index (κ2) is 9.94. The third-order valence-electron chi connectivity index (χ3n) is 4.42. The maximum absolute atomic E-state index is 12.8. The summed E-state index contributed by atoms with van der Waals surface area (Å²) in [6.45, 7) is -1.19. The molecule has 0 saturated carbocycles. The third kappa shape index (κ3) is 5.91. The number of ether oxygens (including phenoxy) is 1. The highest BCUT2D eigenvalue weighted by molar-refractivity contribution is 7.89. The van der Waals surface area contributed by atoms with E-state index < -0.39 is 58.1 Å². The zero-order chi connectivity index (χ0) is 24.9. The van der Waals surface area contributed by atoms with Gasteiger partial charge in [0.25, 0.3) is 5.91 Å². The van der Waals surface area contributed by atoms with Crippen molar-refractivity contribution in [3.8, 4) is 6.07 Å². The molecule has 178 valence electrons. The maximum Gasteiger partial charge on any atom is 0.416 e. The molecular formula is C21H16F3N3O6S. The lowest BCUT2D eigenvalue weighted by Gasteiger charge is -2.10. The van der Waals surface area contributed by atoms with Gasteiger partial charge in [0.2, 0.25) is 15.8 Å². The van der Waals surface area contributed by atoms with Crippen LogP contribution in [0.5, 0.6) is 0 Å². The van der Waals surface area contributed by atoms with Gasteiger partial charge in [-0.3, -0.25) is 9.59 Å². The molecule has 13 heteroatoms. The van der Waals surface area contributed by atoms with Crippen LogP contribution in [0.25, 0.3) is 11.0 Å². The molecule has 0 atom stereocenters. The molecule has 3 aromatic rings. The van der Waals surface area contributed by atoms with Crippen molar-refractivity contribution in [3.05, 3.63) is 59.9 Å². The molecule has 1 amide bonds. The number of fused-ring (bicyclic) bond motifs is 1. The van der Waals surface area contributed by atoms with Crippen LogP contribution in [0.2, 0.25) is 0 Å². The zero-order valence-corrected chi connectivity index (χ0v) is 18.0. The largest absolute Gasteiger partial charge is 0.456 e. The first-order chi connectivity index (χ1) is 16.0. The number of esters is 1. The van der Waals surface area contributed by atoms with Crippen LogP contribution in [0, 0.1) is 11.3 Å². The van der Waals surface area contributed by atoms with E-state index in [9.17, 15) is 31.2 Å². The van der Waals surface area contributed by atoms with Gasteiger partial charge in [-0.15, -0.1) is 0 Å². The molecule has 0 spiro atoms. The van der Waals surface area contributed by atoms with E-state index in [0.717, 1.165) is 18.2 Å². The van der Waals surface area contributed by atoms with Crippen molar-refractivity contribution < 1.29 is 40.3 Å². The molecule has 9 nitrogen and oxygen atoms in total. The van der Waals surface area contributed by atoms with Crippen LogP contribution >= 0.6 is 0 Å². The molecule has 0 bridgehead atoms. The Kier molecular flexibility index (Phi) is 7.23. The van der Waals surface area contributed by atoms with E-state index >= 15 is 0 Å². The average Bonchev–Trinajstić information content (AvgIpc) is 3.14. The number of hydrogen-bond acceptors (Lipinski definition) is 7. The van der Waals surface area contributed by atoms with E-state index in [1.54, 1.807) is 30.3 Å². The number of carbonyl (C=O) groups excluding carboxylic acids is 2. The quantitative estimate of drug-likeness (QED) is 0.458. The Morgan fingerprint density at radius 1 is 1.12 bits per heavy atom. The molecule has 34 heavy (non-hydrogen) atoms. The minimum Gasteiger partial charge on any atom is -0.456 e. The number of hydrogen-bond donors (Lipinski definition) is 2. The van der Waals surface area contributed by atoms with Crippen molar-refractivity contribution >= 4 is 38.6 Å². The first-order valence-corrected chi connectivity index (χ1v) is 11.0. The highest BCUT2D eigenvalue weighted by atomic mass is 32.2. The minimum atomic E-state index is -4.72. The van der Waals surface area contributed by atoms with Crippen LogP contribution in [0.3, 0.4) is 0 Å². The minimum absolute atomic E-state index is 0.119. The summed E-state index contributed by atoms with van der Waals surface area (Å²) in [5.74, 6) is -1.83. The van der Waals surface area contributed by atoms with Gasteiger partial charge in [0, 0.05) is 11.9 Å². The van der Waals surface area contributed by atoms with Crippen LogP contribution in [-0.2, 0) is 30.5 Å². The lowest BCUT2D eigenvalue weighted by atomic mass is 10.2. The first-order valence-electron chi connectivity index (χ1n) is 9.55. The SMILES string of the molecule is N#Cc1oc2ccccc2c1NC(=O)COC(=O)CCNS(=O)(=O)c1cccc(C(F)(F)F)c1. The Morgan fingerprint density at radius 3 is 2.56 bits per heavy atom. The normalized spacial score (nSPS) is 11.7. The van der Waals surface area contributed by atoms with Crippen molar-refractivity contribution in [2.75, 3.05) is 18.5 Å². The number of alkyl halides is 3. The summed E-state index contributed by atoms with van der Waals surface area (Å²) in [6.07, 6.45) is -5.20. The fourth-order valence-corrected chi connectivity index (χ4v) is 3.93. The molecule has 0 fully saturated rings. The molecule has 0 saturated heterocycles. The number of nitrogens with zero attached hydrogens (tertiary/aromatic N) is 1. The molecule has 1 heterocycles. The van der Waals surface area contributed by atoms with Crippen molar-refractivity contribution in [2.24, 2.45) is 0 Å². The fourth-order valence-electron chi connectivity index (χ4n) is 2.85. The van der Waals surface area contributed by atoms with Crippen molar-refractivity contribution in [2.45, 2.75) is 17.5 Å². The van der Waals surface area contributed by atoms with Gasteiger partial charge in [-0.25, -0.2) is 13.1 Å². The molecule has 0 aliphatic heterocycles. The predicted octanol–water partition coefficient (Wildman–Crippen LogP) is 3.17. The summed E-state index contributed by atoms with van der Waals surface area (Å²) in [6, 6.07) is 11.5. The number of anilines is 1. The Morgan fingerprint density at radius 2 is 1.85 bits per heavy atom. The van der Waals surface area contributed by atoms with Gasteiger partial charge in [0.15, 0.2) is 6.61 Å².